The van der Waals surface area contributed by atoms with Gasteiger partial charge in [-0.3, -0.25) is 5.43 Å². The first-order valence-corrected chi connectivity index (χ1v) is 6.81. The summed E-state index contributed by atoms with van der Waals surface area (Å²) in [7, 11) is 0. The van der Waals surface area contributed by atoms with Crippen molar-refractivity contribution < 1.29 is 4.39 Å². The topological polar surface area (TPSA) is 75.9 Å². The minimum absolute atomic E-state index is 0.265. The van der Waals surface area contributed by atoms with Crippen LogP contribution in [0.15, 0.2) is 27.3 Å². The lowest BCUT2D eigenvalue weighted by molar-refractivity contribution is 0.621. The number of nitrogen functional groups attached to an aromatic ring is 1. The summed E-state index contributed by atoms with van der Waals surface area (Å²) in [5.41, 5.74) is 3.84. The Hall–Kier alpha value is -1.25. The molecule has 0 aliphatic carbocycles. The Morgan fingerprint density at radius 3 is 2.68 bits per heavy atom. The number of aryl methyl sites for hydroxylation is 1. The standard InChI is InChI=1S/C11H10Br2FN5/c1-5-2-6(12)8(14)3-9(5)17-10-7(13)4-16-11(18-10)19-15/h2-4H,15H2,1H3,(H2,16,17,18,19). The van der Waals surface area contributed by atoms with Gasteiger partial charge in [0.2, 0.25) is 5.95 Å². The summed E-state index contributed by atoms with van der Waals surface area (Å²) in [6, 6.07) is 3.08. The van der Waals surface area contributed by atoms with Crippen LogP contribution >= 0.6 is 31.9 Å². The van der Waals surface area contributed by atoms with Crippen molar-refractivity contribution in [3.63, 3.8) is 0 Å². The number of rotatable bonds is 3. The lowest BCUT2D eigenvalue weighted by atomic mass is 10.2. The molecule has 1 aromatic carbocycles. The molecule has 5 nitrogen and oxygen atoms in total. The molecule has 100 valence electrons. The van der Waals surface area contributed by atoms with E-state index in [2.05, 4.69) is 52.6 Å². The van der Waals surface area contributed by atoms with E-state index in [4.69, 9.17) is 5.84 Å². The number of nitrogens with zero attached hydrogens (tertiary/aromatic N) is 2. The molecule has 0 saturated carbocycles. The maximum Gasteiger partial charge on any atom is 0.239 e. The van der Waals surface area contributed by atoms with Gasteiger partial charge in [-0.15, -0.1) is 0 Å². The Kier molecular flexibility index (Phi) is 4.33. The molecule has 0 spiro atoms. The SMILES string of the molecule is Cc1cc(Br)c(F)cc1Nc1nc(NN)ncc1Br. The molecule has 2 aromatic rings. The highest BCUT2D eigenvalue weighted by Gasteiger charge is 2.09. The van der Waals surface area contributed by atoms with E-state index in [-0.39, 0.29) is 11.8 Å². The summed E-state index contributed by atoms with van der Waals surface area (Å²) in [4.78, 5) is 8.08. The van der Waals surface area contributed by atoms with Gasteiger partial charge in [0.1, 0.15) is 11.6 Å². The minimum atomic E-state index is -0.351. The highest BCUT2D eigenvalue weighted by Crippen LogP contribution is 2.29. The van der Waals surface area contributed by atoms with Gasteiger partial charge in [0, 0.05) is 11.9 Å². The van der Waals surface area contributed by atoms with Gasteiger partial charge in [0.25, 0.3) is 0 Å². The molecule has 8 heteroatoms. The third-order valence-electron chi connectivity index (χ3n) is 2.39. The summed E-state index contributed by atoms with van der Waals surface area (Å²) < 4.78 is 14.6. The number of nitrogens with two attached hydrogens (primary N) is 1. The summed E-state index contributed by atoms with van der Waals surface area (Å²) in [6.45, 7) is 1.86. The molecule has 0 amide bonds. The van der Waals surface area contributed by atoms with Crippen molar-refractivity contribution in [2.75, 3.05) is 10.7 Å². The first-order chi connectivity index (χ1) is 9.01. The van der Waals surface area contributed by atoms with E-state index in [1.807, 2.05) is 6.92 Å². The molecule has 0 saturated heterocycles. The fraction of sp³-hybridized carbons (Fsp3) is 0.0909. The zero-order valence-electron chi connectivity index (χ0n) is 9.84. The smallest absolute Gasteiger partial charge is 0.239 e. The zero-order chi connectivity index (χ0) is 14.0. The lowest BCUT2D eigenvalue weighted by Gasteiger charge is -2.12. The van der Waals surface area contributed by atoms with Crippen molar-refractivity contribution in [2.24, 2.45) is 5.84 Å². The molecule has 1 heterocycles. The molecule has 0 radical (unpaired) electrons. The average Bonchev–Trinajstić information content (AvgIpc) is 2.38. The van der Waals surface area contributed by atoms with Crippen molar-refractivity contribution in [3.8, 4) is 0 Å². The maximum absolute atomic E-state index is 13.5. The van der Waals surface area contributed by atoms with Crippen LogP contribution in [0.3, 0.4) is 0 Å². The van der Waals surface area contributed by atoms with Crippen molar-refractivity contribution >= 4 is 49.3 Å². The summed E-state index contributed by atoms with van der Waals surface area (Å²) in [6.07, 6.45) is 1.55. The number of hydrazine groups is 1. The van der Waals surface area contributed by atoms with Gasteiger partial charge < -0.3 is 5.32 Å². The molecule has 0 atom stereocenters. The van der Waals surface area contributed by atoms with Crippen LogP contribution in [0.4, 0.5) is 21.8 Å². The van der Waals surface area contributed by atoms with Crippen molar-refractivity contribution in [2.45, 2.75) is 6.92 Å². The summed E-state index contributed by atoms with van der Waals surface area (Å²) >= 11 is 6.45. The second kappa shape index (κ2) is 5.81. The highest BCUT2D eigenvalue weighted by molar-refractivity contribution is 9.10. The fourth-order valence-corrected chi connectivity index (χ4v) is 2.18. The fourth-order valence-electron chi connectivity index (χ4n) is 1.43. The molecule has 19 heavy (non-hydrogen) atoms. The Morgan fingerprint density at radius 2 is 2.00 bits per heavy atom. The monoisotopic (exact) mass is 389 g/mol. The highest BCUT2D eigenvalue weighted by atomic mass is 79.9. The zero-order valence-corrected chi connectivity index (χ0v) is 13.0. The van der Waals surface area contributed by atoms with Crippen molar-refractivity contribution in [1.82, 2.24) is 9.97 Å². The largest absolute Gasteiger partial charge is 0.339 e. The number of benzene rings is 1. The quantitative estimate of drug-likeness (QED) is 0.552. The Labute approximate surface area is 126 Å². The number of hydrogen-bond acceptors (Lipinski definition) is 5. The van der Waals surface area contributed by atoms with E-state index in [0.717, 1.165) is 5.56 Å². The molecule has 0 unspecified atom stereocenters. The van der Waals surface area contributed by atoms with Crippen LogP contribution in [0.1, 0.15) is 5.56 Å². The molecule has 0 fully saturated rings. The van der Waals surface area contributed by atoms with E-state index < -0.39 is 0 Å². The second-order valence-electron chi connectivity index (χ2n) is 3.74. The average molecular weight is 391 g/mol. The van der Waals surface area contributed by atoms with Crippen LogP contribution in [0, 0.1) is 12.7 Å². The predicted molar refractivity (Wildman–Crippen MR) is 79.7 cm³/mol. The van der Waals surface area contributed by atoms with E-state index in [1.54, 1.807) is 12.3 Å². The molecular formula is C11H10Br2FN5. The third kappa shape index (κ3) is 3.20. The van der Waals surface area contributed by atoms with Crippen LogP contribution in [-0.4, -0.2) is 9.97 Å². The van der Waals surface area contributed by atoms with Crippen molar-refractivity contribution in [3.05, 3.63) is 38.7 Å². The van der Waals surface area contributed by atoms with Gasteiger partial charge in [-0.2, -0.15) is 4.98 Å². The molecule has 0 bridgehead atoms. The van der Waals surface area contributed by atoms with Crippen molar-refractivity contribution in [1.29, 1.82) is 0 Å². The Bertz CT molecular complexity index is 620. The molecule has 2 rings (SSSR count). The van der Waals surface area contributed by atoms with E-state index in [0.29, 0.717) is 20.5 Å². The minimum Gasteiger partial charge on any atom is -0.339 e. The molecule has 4 N–H and O–H groups in total. The van der Waals surface area contributed by atoms with Crippen LogP contribution < -0.4 is 16.6 Å². The van der Waals surface area contributed by atoms with Crippen LogP contribution in [0.2, 0.25) is 0 Å². The van der Waals surface area contributed by atoms with Gasteiger partial charge in [-0.1, -0.05) is 0 Å². The van der Waals surface area contributed by atoms with Gasteiger partial charge >= 0.3 is 0 Å². The van der Waals surface area contributed by atoms with Gasteiger partial charge in [0.15, 0.2) is 0 Å². The Morgan fingerprint density at radius 1 is 1.26 bits per heavy atom. The molecular weight excluding hydrogens is 381 g/mol. The lowest BCUT2D eigenvalue weighted by Crippen LogP contribution is -2.11. The third-order valence-corrected chi connectivity index (χ3v) is 3.58. The summed E-state index contributed by atoms with van der Waals surface area (Å²) in [5, 5.41) is 3.03. The number of anilines is 3. The number of halogens is 3. The number of aromatic nitrogens is 2. The first-order valence-electron chi connectivity index (χ1n) is 5.23. The maximum atomic E-state index is 13.5. The summed E-state index contributed by atoms with van der Waals surface area (Å²) in [5.74, 6) is 5.66. The molecule has 1 aromatic heterocycles. The molecule has 0 aliphatic rings. The number of nitrogens with one attached hydrogen (secondary N) is 2. The Balaban J connectivity index is 2.38. The van der Waals surface area contributed by atoms with E-state index in [9.17, 15) is 4.39 Å². The predicted octanol–water partition coefficient (Wildman–Crippen LogP) is 3.48. The van der Waals surface area contributed by atoms with E-state index >= 15 is 0 Å². The molecule has 0 aliphatic heterocycles. The van der Waals surface area contributed by atoms with Gasteiger partial charge in [-0.05, 0) is 56.5 Å². The van der Waals surface area contributed by atoms with Gasteiger partial charge in [-0.25, -0.2) is 15.2 Å². The normalized spacial score (nSPS) is 10.4. The van der Waals surface area contributed by atoms with Crippen LogP contribution in [0.25, 0.3) is 0 Å². The van der Waals surface area contributed by atoms with Crippen LogP contribution in [0.5, 0.6) is 0 Å². The van der Waals surface area contributed by atoms with Gasteiger partial charge in [0.05, 0.1) is 8.95 Å². The second-order valence-corrected chi connectivity index (χ2v) is 5.45. The van der Waals surface area contributed by atoms with Crippen LogP contribution in [-0.2, 0) is 0 Å². The first kappa shape index (κ1) is 14.2. The van der Waals surface area contributed by atoms with E-state index in [1.165, 1.54) is 6.07 Å². The number of hydrogen-bond donors (Lipinski definition) is 3.